The number of piperidine rings is 1. The molecule has 0 spiro atoms. The van der Waals surface area contributed by atoms with Gasteiger partial charge in [0.1, 0.15) is 0 Å². The maximum atomic E-state index is 13.7. The van der Waals surface area contributed by atoms with Gasteiger partial charge in [-0.05, 0) is 62.4 Å². The summed E-state index contributed by atoms with van der Waals surface area (Å²) >= 11 is 5.96. The minimum atomic E-state index is -3.52. The lowest BCUT2D eigenvalue weighted by molar-refractivity contribution is -0.135. The van der Waals surface area contributed by atoms with Gasteiger partial charge in [0.25, 0.3) is 5.91 Å². The number of sulfonamides is 1. The molecule has 1 aliphatic rings. The maximum Gasteiger partial charge on any atom is 0.253 e. The third-order valence-corrected chi connectivity index (χ3v) is 8.76. The summed E-state index contributed by atoms with van der Waals surface area (Å²) in [6.07, 6.45) is 1.25. The number of halogens is 1. The molecular formula is C28H38ClN3O4S. The van der Waals surface area contributed by atoms with Gasteiger partial charge in [0.2, 0.25) is 15.9 Å². The first kappa shape index (κ1) is 29.1. The van der Waals surface area contributed by atoms with Crippen LogP contribution in [0.2, 0.25) is 5.02 Å². The Hall–Kier alpha value is -2.42. The molecule has 0 aliphatic carbocycles. The van der Waals surface area contributed by atoms with E-state index in [0.29, 0.717) is 49.6 Å². The number of carbonyl (C=O) groups excluding carboxylic acids is 2. The molecule has 7 nitrogen and oxygen atoms in total. The number of amides is 2. The van der Waals surface area contributed by atoms with Crippen molar-refractivity contribution >= 4 is 33.4 Å². The summed E-state index contributed by atoms with van der Waals surface area (Å²) in [5, 5.41) is 0.581. The molecule has 0 atom stereocenters. The third kappa shape index (κ3) is 8.03. The van der Waals surface area contributed by atoms with Gasteiger partial charge in [-0.2, -0.15) is 4.31 Å². The fraction of sp³-hybridized carbons (Fsp3) is 0.500. The van der Waals surface area contributed by atoms with Crippen LogP contribution in [0.3, 0.4) is 0 Å². The van der Waals surface area contributed by atoms with Gasteiger partial charge in [0, 0.05) is 42.8 Å². The van der Waals surface area contributed by atoms with Crippen LogP contribution in [0.15, 0.2) is 48.5 Å². The number of hydrogen-bond donors (Lipinski definition) is 0. The second-order valence-electron chi connectivity index (χ2n) is 10.1. The van der Waals surface area contributed by atoms with Crippen molar-refractivity contribution in [2.45, 2.75) is 53.1 Å². The molecule has 0 radical (unpaired) electrons. The molecule has 1 aliphatic heterocycles. The third-order valence-electron chi connectivity index (χ3n) is 6.72. The quantitative estimate of drug-likeness (QED) is 0.436. The van der Waals surface area contributed by atoms with Gasteiger partial charge in [0.15, 0.2) is 0 Å². The van der Waals surface area contributed by atoms with Crippen LogP contribution in [-0.2, 0) is 21.4 Å². The Morgan fingerprint density at radius 2 is 1.62 bits per heavy atom. The van der Waals surface area contributed by atoms with Gasteiger partial charge in [-0.3, -0.25) is 9.59 Å². The zero-order valence-electron chi connectivity index (χ0n) is 22.2. The Balaban J connectivity index is 1.77. The molecule has 37 heavy (non-hydrogen) atoms. The number of benzene rings is 2. The van der Waals surface area contributed by atoms with Crippen LogP contribution in [-0.4, -0.2) is 72.3 Å². The average Bonchev–Trinajstić information content (AvgIpc) is 2.87. The van der Waals surface area contributed by atoms with E-state index >= 15 is 0 Å². The molecule has 2 amide bonds. The van der Waals surface area contributed by atoms with E-state index in [1.54, 1.807) is 36.1 Å². The largest absolute Gasteiger partial charge is 0.338 e. The van der Waals surface area contributed by atoms with E-state index in [0.717, 1.165) is 11.1 Å². The first-order chi connectivity index (χ1) is 17.5. The van der Waals surface area contributed by atoms with Crippen molar-refractivity contribution in [3.05, 3.63) is 70.2 Å². The second kappa shape index (κ2) is 12.9. The highest BCUT2D eigenvalue weighted by molar-refractivity contribution is 7.89. The molecule has 202 valence electrons. The van der Waals surface area contributed by atoms with E-state index in [2.05, 4.69) is 0 Å². The number of rotatable bonds is 10. The Morgan fingerprint density at radius 1 is 1.03 bits per heavy atom. The lowest BCUT2D eigenvalue weighted by Crippen LogP contribution is -2.51. The highest BCUT2D eigenvalue weighted by Gasteiger charge is 2.33. The van der Waals surface area contributed by atoms with Gasteiger partial charge in [-0.15, -0.1) is 0 Å². The molecule has 2 aromatic carbocycles. The summed E-state index contributed by atoms with van der Waals surface area (Å²) in [7, 11) is -3.52. The summed E-state index contributed by atoms with van der Waals surface area (Å²) in [6.45, 7) is 9.07. The van der Waals surface area contributed by atoms with Gasteiger partial charge in [-0.25, -0.2) is 8.42 Å². The highest BCUT2D eigenvalue weighted by Crippen LogP contribution is 2.22. The van der Waals surface area contributed by atoms with Gasteiger partial charge in [-0.1, -0.05) is 55.3 Å². The molecule has 0 unspecified atom stereocenters. The van der Waals surface area contributed by atoms with Crippen LogP contribution in [0, 0.1) is 12.8 Å². The van der Waals surface area contributed by atoms with Crippen molar-refractivity contribution in [1.29, 1.82) is 0 Å². The first-order valence-corrected chi connectivity index (χ1v) is 14.9. The Morgan fingerprint density at radius 3 is 2.16 bits per heavy atom. The normalized spacial score (nSPS) is 14.8. The smallest absolute Gasteiger partial charge is 0.253 e. The van der Waals surface area contributed by atoms with Crippen molar-refractivity contribution in [3.63, 3.8) is 0 Å². The molecule has 0 bridgehead atoms. The molecular weight excluding hydrogens is 510 g/mol. The van der Waals surface area contributed by atoms with Crippen LogP contribution >= 0.6 is 11.6 Å². The lowest BCUT2D eigenvalue weighted by atomic mass is 10.0. The molecule has 2 aromatic rings. The first-order valence-electron chi connectivity index (χ1n) is 12.9. The summed E-state index contributed by atoms with van der Waals surface area (Å²) in [4.78, 5) is 30.2. The molecule has 0 aromatic heterocycles. The monoisotopic (exact) mass is 547 g/mol. The van der Waals surface area contributed by atoms with Gasteiger partial charge >= 0.3 is 0 Å². The van der Waals surface area contributed by atoms with Crippen LogP contribution < -0.4 is 0 Å². The van der Waals surface area contributed by atoms with Gasteiger partial charge < -0.3 is 9.80 Å². The topological polar surface area (TPSA) is 78.0 Å². The number of carbonyl (C=O) groups is 2. The summed E-state index contributed by atoms with van der Waals surface area (Å²) in [5.74, 6) is -0.206. The molecule has 0 saturated carbocycles. The molecule has 3 rings (SSSR count). The fourth-order valence-corrected chi connectivity index (χ4v) is 5.90. The van der Waals surface area contributed by atoms with Gasteiger partial charge in [0.05, 0.1) is 12.3 Å². The van der Waals surface area contributed by atoms with Crippen LogP contribution in [0.4, 0.5) is 0 Å². The Bertz CT molecular complexity index is 1160. The van der Waals surface area contributed by atoms with E-state index in [9.17, 15) is 18.0 Å². The van der Waals surface area contributed by atoms with Crippen molar-refractivity contribution < 1.29 is 18.0 Å². The molecule has 9 heteroatoms. The van der Waals surface area contributed by atoms with E-state index in [4.69, 9.17) is 11.6 Å². The summed E-state index contributed by atoms with van der Waals surface area (Å²) < 4.78 is 26.8. The van der Waals surface area contributed by atoms with Crippen molar-refractivity contribution in [2.24, 2.45) is 5.92 Å². The summed E-state index contributed by atoms with van der Waals surface area (Å²) in [5.41, 5.74) is 2.71. The Labute approximate surface area is 226 Å². The van der Waals surface area contributed by atoms with E-state index in [1.165, 1.54) is 4.31 Å². The molecule has 1 heterocycles. The van der Waals surface area contributed by atoms with Crippen LogP contribution in [0.25, 0.3) is 0 Å². The SMILES string of the molecule is CCS(=O)(=O)N(CC(=O)N(Cc1ccc(C)cc1)C1CCN(C(=O)c2ccc(Cl)cc2)CC1)CC(C)C. The lowest BCUT2D eigenvalue weighted by Gasteiger charge is -2.39. The average molecular weight is 548 g/mol. The number of nitrogens with zero attached hydrogens (tertiary/aromatic N) is 3. The van der Waals surface area contributed by atoms with Crippen molar-refractivity contribution in [3.8, 4) is 0 Å². The maximum absolute atomic E-state index is 13.7. The minimum Gasteiger partial charge on any atom is -0.338 e. The second-order valence-corrected chi connectivity index (χ2v) is 12.8. The number of likely N-dealkylation sites (tertiary alicyclic amines) is 1. The molecule has 1 fully saturated rings. The number of aryl methyl sites for hydroxylation is 1. The molecule has 0 N–H and O–H groups in total. The zero-order valence-corrected chi connectivity index (χ0v) is 23.8. The van der Waals surface area contributed by atoms with E-state index in [1.807, 2.05) is 49.9 Å². The predicted octanol–water partition coefficient (Wildman–Crippen LogP) is 4.59. The zero-order chi connectivity index (χ0) is 27.2. The molecule has 1 saturated heterocycles. The van der Waals surface area contributed by atoms with Crippen LogP contribution in [0.5, 0.6) is 0 Å². The van der Waals surface area contributed by atoms with Crippen molar-refractivity contribution in [2.75, 3.05) is 31.9 Å². The predicted molar refractivity (Wildman–Crippen MR) is 148 cm³/mol. The minimum absolute atomic E-state index is 0.0455. The van der Waals surface area contributed by atoms with Crippen molar-refractivity contribution in [1.82, 2.24) is 14.1 Å². The highest BCUT2D eigenvalue weighted by atomic mass is 35.5. The summed E-state index contributed by atoms with van der Waals surface area (Å²) in [6, 6.07) is 14.8. The van der Waals surface area contributed by atoms with Crippen LogP contribution in [0.1, 0.15) is 55.1 Å². The van der Waals surface area contributed by atoms with E-state index in [-0.39, 0.29) is 36.1 Å². The fourth-order valence-electron chi connectivity index (χ4n) is 4.57. The Kier molecular flexibility index (Phi) is 10.2. The standard InChI is InChI=1S/C28H38ClN3O4S/c1-5-37(35,36)31(18-21(2)3)20-27(33)32(19-23-8-6-22(4)7-9-23)26-14-16-30(17-15-26)28(34)24-10-12-25(29)13-11-24/h6-13,21,26H,5,14-20H2,1-4H3. The number of hydrogen-bond acceptors (Lipinski definition) is 4. The van der Waals surface area contributed by atoms with E-state index < -0.39 is 10.0 Å².